The Bertz CT molecular complexity index is 2720. The Morgan fingerprint density at radius 2 is 0.857 bits per heavy atom. The number of rotatable bonds is 21. The quantitative estimate of drug-likeness (QED) is 0.0681. The van der Waals surface area contributed by atoms with Gasteiger partial charge >= 0.3 is 0 Å². The van der Waals surface area contributed by atoms with E-state index in [-0.39, 0.29) is 59.5 Å². The molecule has 0 aliphatic carbocycles. The standard InChI is InChI=1S/C64H70N2O11/c1-7-21-49(22-8-1)40-69-48-64-62(74-45-54-31-17-6-18-32-54)59(71-42-51-25-11-3-12-26-51)57(76-64)47-68-38-36-66(39-55-33-19-20-34-65-55)35-37-67-46-56-58(70-41-50-23-9-2-10-24-50)60(72-43-52-27-13-4-14-28-52)61(63(75-56)77-64)73-44-53-29-15-5-16-30-53/h1-34,56-63H,35-48H2/t56-,57-,58-,59-,60+,61-,62+,63-,64+/m1/s1. The molecule has 0 unspecified atom stereocenters. The molecule has 6 aromatic carbocycles. The van der Waals surface area contributed by atoms with Gasteiger partial charge in [-0.25, -0.2) is 0 Å². The first-order valence-electron chi connectivity index (χ1n) is 26.8. The molecule has 4 heterocycles. The van der Waals surface area contributed by atoms with E-state index in [0.717, 1.165) is 39.1 Å². The van der Waals surface area contributed by atoms with Crippen molar-refractivity contribution in [3.8, 4) is 0 Å². The maximum Gasteiger partial charge on any atom is 0.224 e. The van der Waals surface area contributed by atoms with Crippen molar-refractivity contribution in [1.29, 1.82) is 0 Å². The summed E-state index contributed by atoms with van der Waals surface area (Å²) in [5.41, 5.74) is 6.81. The number of fused-ring (bicyclic) bond motifs is 4. The Labute approximate surface area is 452 Å². The van der Waals surface area contributed by atoms with E-state index in [1.54, 1.807) is 0 Å². The molecule has 3 aliphatic rings. The van der Waals surface area contributed by atoms with Crippen molar-refractivity contribution in [2.45, 2.75) is 101 Å². The Morgan fingerprint density at radius 1 is 0.429 bits per heavy atom. The van der Waals surface area contributed by atoms with E-state index in [1.807, 2.05) is 206 Å². The van der Waals surface area contributed by atoms with Crippen LogP contribution in [0.1, 0.15) is 39.1 Å². The van der Waals surface area contributed by atoms with E-state index in [1.165, 1.54) is 0 Å². The van der Waals surface area contributed by atoms with Gasteiger partial charge in [-0.3, -0.25) is 9.88 Å². The fourth-order valence-corrected chi connectivity index (χ4v) is 9.99. The summed E-state index contributed by atoms with van der Waals surface area (Å²) in [5.74, 6) is -1.69. The van der Waals surface area contributed by atoms with E-state index >= 15 is 0 Å². The zero-order valence-electron chi connectivity index (χ0n) is 43.5. The van der Waals surface area contributed by atoms with Gasteiger partial charge in [0, 0.05) is 25.8 Å². The highest BCUT2D eigenvalue weighted by molar-refractivity contribution is 5.19. The predicted molar refractivity (Wildman–Crippen MR) is 290 cm³/mol. The summed E-state index contributed by atoms with van der Waals surface area (Å²) in [6, 6.07) is 66.4. The molecular weight excluding hydrogens is 973 g/mol. The van der Waals surface area contributed by atoms with Crippen LogP contribution in [0.25, 0.3) is 0 Å². The molecule has 3 fully saturated rings. The molecule has 7 aromatic rings. The molecule has 10 rings (SSSR count). The SMILES string of the molecule is c1ccc(COC[C@@]23O[C@H]4O[C@H](COCCN(Cc5ccccn5)CCOC[C@@H](O2)[C@@H](OCc2ccccc2)[C@@H]3OCc2ccccc2)[C@@H](OCc2ccccc2)[C@H](OCc2ccccc2)[C@H]4OCc2ccccc2)cc1. The molecule has 13 nitrogen and oxygen atoms in total. The van der Waals surface area contributed by atoms with Gasteiger partial charge in [0.25, 0.3) is 0 Å². The summed E-state index contributed by atoms with van der Waals surface area (Å²) in [6.07, 6.45) is -4.79. The molecule has 402 valence electrons. The molecule has 1 aromatic heterocycles. The third-order valence-corrected chi connectivity index (χ3v) is 14.0. The molecule has 0 spiro atoms. The molecule has 13 heteroatoms. The van der Waals surface area contributed by atoms with Crippen LogP contribution in [-0.4, -0.2) is 111 Å². The topological polar surface area (TPSA) is 118 Å². The van der Waals surface area contributed by atoms with Gasteiger partial charge in [-0.1, -0.05) is 188 Å². The fraction of sp³-hybridized carbons (Fsp3) is 0.359. The van der Waals surface area contributed by atoms with Crippen LogP contribution >= 0.6 is 0 Å². The third-order valence-electron chi connectivity index (χ3n) is 14.0. The molecule has 77 heavy (non-hydrogen) atoms. The summed E-state index contributed by atoms with van der Waals surface area (Å²) in [4.78, 5) is 6.95. The summed E-state index contributed by atoms with van der Waals surface area (Å²) < 4.78 is 78.1. The molecule has 0 amide bonds. The number of hydrogen-bond donors (Lipinski definition) is 0. The highest BCUT2D eigenvalue weighted by atomic mass is 16.8. The first-order chi connectivity index (χ1) is 38.1. The Balaban J connectivity index is 1.08. The van der Waals surface area contributed by atoms with Gasteiger partial charge in [-0.2, -0.15) is 0 Å². The highest BCUT2D eigenvalue weighted by Gasteiger charge is 2.62. The van der Waals surface area contributed by atoms with Crippen LogP contribution in [0.4, 0.5) is 0 Å². The first-order valence-corrected chi connectivity index (χ1v) is 26.8. The lowest BCUT2D eigenvalue weighted by Crippen LogP contribution is -2.65. The van der Waals surface area contributed by atoms with E-state index < -0.39 is 54.8 Å². The summed E-state index contributed by atoms with van der Waals surface area (Å²) in [5, 5.41) is 0. The zero-order chi connectivity index (χ0) is 52.2. The lowest BCUT2D eigenvalue weighted by molar-refractivity contribution is -0.398. The lowest BCUT2D eigenvalue weighted by Gasteiger charge is -2.48. The Morgan fingerprint density at radius 3 is 1.35 bits per heavy atom. The van der Waals surface area contributed by atoms with Crippen molar-refractivity contribution in [3.05, 3.63) is 245 Å². The van der Waals surface area contributed by atoms with Crippen molar-refractivity contribution >= 4 is 0 Å². The zero-order valence-corrected chi connectivity index (χ0v) is 43.5. The largest absolute Gasteiger partial charge is 0.377 e. The summed E-state index contributed by atoms with van der Waals surface area (Å²) >= 11 is 0. The summed E-state index contributed by atoms with van der Waals surface area (Å²) in [7, 11) is 0. The second kappa shape index (κ2) is 28.6. The van der Waals surface area contributed by atoms with Crippen molar-refractivity contribution in [3.63, 3.8) is 0 Å². The lowest BCUT2D eigenvalue weighted by atomic mass is 9.97. The van der Waals surface area contributed by atoms with E-state index in [9.17, 15) is 0 Å². The van der Waals surface area contributed by atoms with Gasteiger partial charge in [0.1, 0.15) is 49.3 Å². The maximum atomic E-state index is 7.64. The number of benzene rings is 6. The van der Waals surface area contributed by atoms with Crippen molar-refractivity contribution in [2.24, 2.45) is 0 Å². The van der Waals surface area contributed by atoms with Gasteiger partial charge in [0.15, 0.2) is 6.29 Å². The van der Waals surface area contributed by atoms with Gasteiger partial charge in [0.05, 0.1) is 71.8 Å². The molecular formula is C64H70N2O11. The van der Waals surface area contributed by atoms with Gasteiger partial charge in [0.2, 0.25) is 5.79 Å². The normalized spacial score (nSPS) is 25.3. The number of hydrogen-bond acceptors (Lipinski definition) is 13. The second-order valence-corrected chi connectivity index (χ2v) is 19.6. The monoisotopic (exact) mass is 1040 g/mol. The van der Waals surface area contributed by atoms with E-state index in [4.69, 9.17) is 52.1 Å². The second-order valence-electron chi connectivity index (χ2n) is 19.6. The van der Waals surface area contributed by atoms with Gasteiger partial charge in [-0.05, 0) is 45.5 Å². The molecule has 4 bridgehead atoms. The highest BCUT2D eigenvalue weighted by Crippen LogP contribution is 2.42. The molecule has 9 atom stereocenters. The van der Waals surface area contributed by atoms with E-state index in [0.29, 0.717) is 32.8 Å². The Kier molecular flexibility index (Phi) is 20.2. The van der Waals surface area contributed by atoms with Crippen LogP contribution in [0.5, 0.6) is 0 Å². The fourth-order valence-electron chi connectivity index (χ4n) is 9.99. The van der Waals surface area contributed by atoms with Crippen molar-refractivity contribution < 1.29 is 52.1 Å². The summed E-state index contributed by atoms with van der Waals surface area (Å²) in [6.45, 7) is 4.28. The van der Waals surface area contributed by atoms with Crippen molar-refractivity contribution in [2.75, 3.05) is 46.1 Å². The molecule has 0 radical (unpaired) electrons. The molecule has 3 aliphatic heterocycles. The minimum absolute atomic E-state index is 0.0865. The number of ether oxygens (including phenoxy) is 11. The van der Waals surface area contributed by atoms with Crippen LogP contribution in [0.3, 0.4) is 0 Å². The van der Waals surface area contributed by atoms with E-state index in [2.05, 4.69) is 9.88 Å². The number of nitrogens with zero attached hydrogens (tertiary/aromatic N) is 2. The molecule has 0 saturated carbocycles. The Hall–Kier alpha value is -6.01. The smallest absolute Gasteiger partial charge is 0.224 e. The third kappa shape index (κ3) is 15.6. The molecule has 0 N–H and O–H groups in total. The minimum atomic E-state index is -1.69. The average Bonchev–Trinajstić information content (AvgIpc) is 3.88. The van der Waals surface area contributed by atoms with Gasteiger partial charge < -0.3 is 52.1 Å². The van der Waals surface area contributed by atoms with Crippen LogP contribution in [0, 0.1) is 0 Å². The number of aromatic nitrogens is 1. The van der Waals surface area contributed by atoms with Crippen LogP contribution in [0.2, 0.25) is 0 Å². The first kappa shape index (κ1) is 54.3. The number of pyridine rings is 1. The molecule has 3 saturated heterocycles. The van der Waals surface area contributed by atoms with Crippen molar-refractivity contribution in [1.82, 2.24) is 9.88 Å². The maximum absolute atomic E-state index is 7.64. The predicted octanol–water partition coefficient (Wildman–Crippen LogP) is 9.91. The van der Waals surface area contributed by atoms with Gasteiger partial charge in [-0.15, -0.1) is 0 Å². The van der Waals surface area contributed by atoms with Crippen LogP contribution < -0.4 is 0 Å². The average molecular weight is 1040 g/mol. The minimum Gasteiger partial charge on any atom is -0.377 e. The van der Waals surface area contributed by atoms with Crippen LogP contribution in [-0.2, 0) is 98.3 Å². The van der Waals surface area contributed by atoms with Crippen LogP contribution in [0.15, 0.2) is 206 Å².